The van der Waals surface area contributed by atoms with Crippen molar-refractivity contribution < 1.29 is 9.50 Å². The van der Waals surface area contributed by atoms with Gasteiger partial charge in [0, 0.05) is 29.7 Å². The third kappa shape index (κ3) is 7.70. The zero-order valence-electron chi connectivity index (χ0n) is 22.9. The summed E-state index contributed by atoms with van der Waals surface area (Å²) in [4.78, 5) is 20.1. The maximum Gasteiger partial charge on any atom is 0.354 e. The molecule has 0 bridgehead atoms. The average Bonchev–Trinajstić information content (AvgIpc) is 3.34. The van der Waals surface area contributed by atoms with Crippen LogP contribution in [-0.4, -0.2) is 51.3 Å². The van der Waals surface area contributed by atoms with Crippen LogP contribution in [0.5, 0.6) is 0 Å². The number of halogens is 2. The van der Waals surface area contributed by atoms with Crippen molar-refractivity contribution in [2.75, 3.05) is 19.7 Å². The van der Waals surface area contributed by atoms with Gasteiger partial charge in [-0.05, 0) is 80.6 Å². The summed E-state index contributed by atoms with van der Waals surface area (Å²) in [5.74, 6) is -0.616. The van der Waals surface area contributed by atoms with Gasteiger partial charge in [0.25, 0.3) is 0 Å². The highest BCUT2D eigenvalue weighted by Gasteiger charge is 2.16. The summed E-state index contributed by atoms with van der Waals surface area (Å²) < 4.78 is 16.5. The van der Waals surface area contributed by atoms with Gasteiger partial charge in [-0.25, -0.2) is 9.18 Å². The number of aliphatic hydroxyl groups is 1. The van der Waals surface area contributed by atoms with Crippen LogP contribution in [0.25, 0.3) is 28.0 Å². The van der Waals surface area contributed by atoms with E-state index in [1.165, 1.54) is 4.57 Å². The first-order chi connectivity index (χ1) is 19.7. The Morgan fingerprint density at radius 1 is 1.22 bits per heavy atom. The number of guanidine groups is 1. The molecule has 9 N–H and O–H groups in total. The second-order valence-corrected chi connectivity index (χ2v) is 10.6. The molecule has 218 valence electrons. The van der Waals surface area contributed by atoms with Crippen molar-refractivity contribution in [1.29, 1.82) is 5.41 Å². The normalized spacial score (nSPS) is 12.9. The molecule has 0 unspecified atom stereocenters. The standard InChI is InChI=1S/C29H36ClFN8O2/c1-17(32)4-2-5-18-12-22(26(31)23(30)13-18)24-14-20-15-39(29(41)38-27(20)37-24)21-8-6-19(7-9-21)25(16-40)35-10-3-11-36-28(33)34/h6-9,12-15,17,25,35,40H,2-5,10-11,16,32H2,1H3,(H4,33,34,36)(H,37,38,41)/t17-,25-/m0/s1. The Morgan fingerprint density at radius 2 is 1.98 bits per heavy atom. The minimum atomic E-state index is -0.540. The minimum Gasteiger partial charge on any atom is -0.394 e. The Hall–Kier alpha value is -3.77. The number of aliphatic hydroxyl groups excluding tert-OH is 1. The van der Waals surface area contributed by atoms with Gasteiger partial charge in [-0.1, -0.05) is 23.7 Å². The van der Waals surface area contributed by atoms with Crippen LogP contribution in [0.2, 0.25) is 5.02 Å². The van der Waals surface area contributed by atoms with Crippen LogP contribution in [0.15, 0.2) is 53.5 Å². The minimum absolute atomic E-state index is 0.0352. The lowest BCUT2D eigenvalue weighted by molar-refractivity contribution is 0.244. The lowest BCUT2D eigenvalue weighted by Crippen LogP contribution is -2.33. The first kappa shape index (κ1) is 30.2. The molecule has 0 amide bonds. The fraction of sp³-hybridized carbons (Fsp3) is 0.345. The van der Waals surface area contributed by atoms with E-state index < -0.39 is 11.5 Å². The molecule has 0 spiro atoms. The first-order valence-corrected chi connectivity index (χ1v) is 13.9. The number of aromatic amines is 1. The molecular formula is C29H36ClFN8O2. The van der Waals surface area contributed by atoms with Crippen LogP contribution >= 0.6 is 11.6 Å². The van der Waals surface area contributed by atoms with Crippen molar-refractivity contribution in [2.24, 2.45) is 11.5 Å². The van der Waals surface area contributed by atoms with Gasteiger partial charge in [0.15, 0.2) is 11.8 Å². The van der Waals surface area contributed by atoms with Crippen LogP contribution < -0.4 is 27.8 Å². The van der Waals surface area contributed by atoms with E-state index in [0.717, 1.165) is 36.8 Å². The van der Waals surface area contributed by atoms with Crippen LogP contribution in [0.1, 0.15) is 43.4 Å². The number of nitrogens with two attached hydrogens (primary N) is 2. The summed E-state index contributed by atoms with van der Waals surface area (Å²) in [5, 5.41) is 23.7. The zero-order valence-corrected chi connectivity index (χ0v) is 23.6. The monoisotopic (exact) mass is 582 g/mol. The van der Waals surface area contributed by atoms with E-state index in [9.17, 15) is 9.90 Å². The molecule has 10 nitrogen and oxygen atoms in total. The quantitative estimate of drug-likeness (QED) is 0.0719. The van der Waals surface area contributed by atoms with E-state index in [1.54, 1.807) is 36.5 Å². The molecule has 2 aromatic carbocycles. The zero-order chi connectivity index (χ0) is 29.5. The molecule has 0 saturated carbocycles. The van der Waals surface area contributed by atoms with Crippen LogP contribution in [-0.2, 0) is 6.42 Å². The van der Waals surface area contributed by atoms with Crippen LogP contribution in [0, 0.1) is 11.2 Å². The second-order valence-electron chi connectivity index (χ2n) is 10.2. The van der Waals surface area contributed by atoms with Crippen molar-refractivity contribution in [3.8, 4) is 16.9 Å². The first-order valence-electron chi connectivity index (χ1n) is 13.5. The molecule has 2 heterocycles. The molecule has 2 aromatic heterocycles. The Kier molecular flexibility index (Phi) is 10.1. The summed E-state index contributed by atoms with van der Waals surface area (Å²) in [6.07, 6.45) is 4.82. The number of aryl methyl sites for hydroxylation is 1. The van der Waals surface area contributed by atoms with E-state index in [1.807, 2.05) is 19.1 Å². The molecule has 0 saturated heterocycles. The van der Waals surface area contributed by atoms with Gasteiger partial charge in [-0.2, -0.15) is 4.98 Å². The van der Waals surface area contributed by atoms with Gasteiger partial charge < -0.3 is 32.2 Å². The summed E-state index contributed by atoms with van der Waals surface area (Å²) in [5.41, 5.74) is 14.1. The molecule has 0 fully saturated rings. The van der Waals surface area contributed by atoms with Crippen molar-refractivity contribution in [3.63, 3.8) is 0 Å². The van der Waals surface area contributed by atoms with E-state index in [2.05, 4.69) is 20.6 Å². The fourth-order valence-corrected chi connectivity index (χ4v) is 4.92. The second kappa shape index (κ2) is 13.7. The van der Waals surface area contributed by atoms with Gasteiger partial charge in [-0.3, -0.25) is 9.98 Å². The molecule has 4 aromatic rings. The maximum atomic E-state index is 15.1. The number of benzene rings is 2. The van der Waals surface area contributed by atoms with E-state index in [-0.39, 0.29) is 29.7 Å². The van der Waals surface area contributed by atoms with Gasteiger partial charge in [0.1, 0.15) is 5.65 Å². The van der Waals surface area contributed by atoms with Gasteiger partial charge in [0.05, 0.1) is 29.1 Å². The number of nitrogens with one attached hydrogen (secondary N) is 4. The molecule has 0 aliphatic carbocycles. The molecule has 41 heavy (non-hydrogen) atoms. The number of fused-ring (bicyclic) bond motifs is 1. The molecule has 12 heteroatoms. The lowest BCUT2D eigenvalue weighted by atomic mass is 10.0. The number of rotatable bonds is 13. The van der Waals surface area contributed by atoms with Crippen LogP contribution in [0.3, 0.4) is 0 Å². The number of hydrogen-bond donors (Lipinski definition) is 7. The molecule has 0 aliphatic heterocycles. The largest absolute Gasteiger partial charge is 0.394 e. The molecule has 4 rings (SSSR count). The Bertz CT molecular complexity index is 1550. The SMILES string of the molecule is C[C@H](N)CCCc1cc(Cl)c(F)c(-c2cc3cn(-c4ccc([C@H](CO)NCCCNC(=N)N)cc4)c(=O)nc3[nH]2)c1. The smallest absolute Gasteiger partial charge is 0.354 e. The van der Waals surface area contributed by atoms with Crippen molar-refractivity contribution in [3.05, 3.63) is 81.1 Å². The average molecular weight is 583 g/mol. The number of H-pyrrole nitrogens is 1. The van der Waals surface area contributed by atoms with E-state index >= 15 is 4.39 Å². The third-order valence-corrected chi connectivity index (χ3v) is 7.10. The van der Waals surface area contributed by atoms with Gasteiger partial charge in [0.2, 0.25) is 0 Å². The summed E-state index contributed by atoms with van der Waals surface area (Å²) in [6.45, 7) is 3.02. The number of nitrogens with zero attached hydrogens (tertiary/aromatic N) is 2. The third-order valence-electron chi connectivity index (χ3n) is 6.83. The molecule has 2 atom stereocenters. The van der Waals surface area contributed by atoms with E-state index in [4.69, 9.17) is 28.5 Å². The Labute approximate surface area is 242 Å². The van der Waals surface area contributed by atoms with Crippen molar-refractivity contribution in [1.82, 2.24) is 25.2 Å². The highest BCUT2D eigenvalue weighted by molar-refractivity contribution is 6.31. The highest BCUT2D eigenvalue weighted by Crippen LogP contribution is 2.31. The Morgan fingerprint density at radius 3 is 2.66 bits per heavy atom. The Balaban J connectivity index is 1.54. The van der Waals surface area contributed by atoms with Crippen molar-refractivity contribution in [2.45, 2.75) is 44.7 Å². The molecule has 0 aliphatic rings. The number of aromatic nitrogens is 3. The molecular weight excluding hydrogens is 547 g/mol. The summed E-state index contributed by atoms with van der Waals surface area (Å²) >= 11 is 6.22. The number of hydrogen-bond acceptors (Lipinski definition) is 6. The lowest BCUT2D eigenvalue weighted by Gasteiger charge is -2.17. The van der Waals surface area contributed by atoms with Gasteiger partial charge >= 0.3 is 5.69 Å². The topological polar surface area (TPSA) is 171 Å². The predicted molar refractivity (Wildman–Crippen MR) is 161 cm³/mol. The van der Waals surface area contributed by atoms with Crippen molar-refractivity contribution >= 4 is 28.6 Å². The highest BCUT2D eigenvalue weighted by atomic mass is 35.5. The fourth-order valence-electron chi connectivity index (χ4n) is 4.68. The summed E-state index contributed by atoms with van der Waals surface area (Å²) in [7, 11) is 0. The molecule has 0 radical (unpaired) electrons. The summed E-state index contributed by atoms with van der Waals surface area (Å²) in [6, 6.07) is 12.2. The van der Waals surface area contributed by atoms with Crippen LogP contribution in [0.4, 0.5) is 4.39 Å². The maximum absolute atomic E-state index is 15.1. The van der Waals surface area contributed by atoms with E-state index in [0.29, 0.717) is 41.1 Å². The van der Waals surface area contributed by atoms with Gasteiger partial charge in [-0.15, -0.1) is 0 Å². The predicted octanol–water partition coefficient (Wildman–Crippen LogP) is 3.34.